The quantitative estimate of drug-likeness (QED) is 0.765. The molecule has 0 aliphatic heterocycles. The van der Waals surface area contributed by atoms with Crippen molar-refractivity contribution >= 4 is 22.0 Å². The van der Waals surface area contributed by atoms with Crippen molar-refractivity contribution in [3.8, 4) is 5.75 Å². The van der Waals surface area contributed by atoms with Gasteiger partial charge < -0.3 is 5.11 Å². The van der Waals surface area contributed by atoms with Crippen LogP contribution in [0.2, 0.25) is 0 Å². The first-order valence-corrected chi connectivity index (χ1v) is 4.31. The molecule has 0 atom stereocenters. The van der Waals surface area contributed by atoms with Crippen LogP contribution < -0.4 is 0 Å². The molecule has 0 unspecified atom stereocenters. The molecule has 0 bridgehead atoms. The van der Waals surface area contributed by atoms with E-state index in [9.17, 15) is 0 Å². The van der Waals surface area contributed by atoms with Gasteiger partial charge in [-0.05, 0) is 11.6 Å². The highest BCUT2D eigenvalue weighted by atomic mass is 79.9. The molecule has 0 saturated carbocycles. The molecule has 0 aliphatic rings. The van der Waals surface area contributed by atoms with E-state index in [2.05, 4.69) is 20.9 Å². The molecule has 1 heterocycles. The molecule has 3 heteroatoms. The van der Waals surface area contributed by atoms with E-state index in [1.165, 1.54) is 6.20 Å². The molecular weight excluding hydrogens is 206 g/mol. The van der Waals surface area contributed by atoms with E-state index >= 15 is 0 Å². The first-order chi connectivity index (χ1) is 5.33. The number of aromatic hydroxyl groups is 1. The molecule has 0 amide bonds. The second-order valence-electron chi connectivity index (χ2n) is 2.03. The number of allylic oxidation sites excluding steroid dienone is 1. The molecule has 0 spiro atoms. The predicted molar refractivity (Wildman–Crippen MR) is 48.7 cm³/mol. The van der Waals surface area contributed by atoms with Crippen molar-refractivity contribution in [2.75, 3.05) is 5.33 Å². The minimum Gasteiger partial charge on any atom is -0.506 e. The Labute approximate surface area is 73.7 Å². The third kappa shape index (κ3) is 2.72. The summed E-state index contributed by atoms with van der Waals surface area (Å²) < 4.78 is 0. The lowest BCUT2D eigenvalue weighted by Crippen LogP contribution is -1.75. The van der Waals surface area contributed by atoms with Crippen LogP contribution in [0.3, 0.4) is 0 Å². The maximum Gasteiger partial charge on any atom is 0.134 e. The van der Waals surface area contributed by atoms with Crippen LogP contribution in [0.5, 0.6) is 5.75 Å². The van der Waals surface area contributed by atoms with Gasteiger partial charge in [0.2, 0.25) is 0 Å². The molecule has 1 aromatic rings. The van der Waals surface area contributed by atoms with E-state index in [1.54, 1.807) is 12.3 Å². The Hall–Kier alpha value is -0.830. The molecule has 58 valence electrons. The molecule has 0 radical (unpaired) electrons. The molecule has 0 aliphatic carbocycles. The Balaban J connectivity index is 2.79. The molecular formula is C8H8BrNO. The Morgan fingerprint density at radius 3 is 3.00 bits per heavy atom. The number of nitrogens with zero attached hydrogens (tertiary/aromatic N) is 1. The second-order valence-corrected chi connectivity index (χ2v) is 2.68. The molecule has 0 fully saturated rings. The third-order valence-corrected chi connectivity index (χ3v) is 1.52. The summed E-state index contributed by atoms with van der Waals surface area (Å²) in [6.45, 7) is 0. The molecule has 1 rings (SSSR count). The topological polar surface area (TPSA) is 33.1 Å². The summed E-state index contributed by atoms with van der Waals surface area (Å²) >= 11 is 3.26. The molecule has 0 saturated heterocycles. The van der Waals surface area contributed by atoms with Gasteiger partial charge in [0.1, 0.15) is 5.75 Å². The van der Waals surface area contributed by atoms with Crippen LogP contribution in [-0.4, -0.2) is 15.4 Å². The van der Waals surface area contributed by atoms with Gasteiger partial charge in [-0.25, -0.2) is 0 Å². The average molecular weight is 214 g/mol. The maximum absolute atomic E-state index is 9.00. The van der Waals surface area contributed by atoms with Gasteiger partial charge in [0.15, 0.2) is 0 Å². The first kappa shape index (κ1) is 8.27. The zero-order valence-corrected chi connectivity index (χ0v) is 7.45. The van der Waals surface area contributed by atoms with Gasteiger partial charge in [0, 0.05) is 11.5 Å². The van der Waals surface area contributed by atoms with E-state index in [0.717, 1.165) is 10.9 Å². The van der Waals surface area contributed by atoms with Crippen molar-refractivity contribution in [1.82, 2.24) is 4.98 Å². The number of hydrogen-bond donors (Lipinski definition) is 1. The van der Waals surface area contributed by atoms with Gasteiger partial charge in [-0.15, -0.1) is 0 Å². The monoisotopic (exact) mass is 213 g/mol. The summed E-state index contributed by atoms with van der Waals surface area (Å²) in [6.07, 6.45) is 6.93. The summed E-state index contributed by atoms with van der Waals surface area (Å²) in [5.41, 5.74) is 0.907. The fourth-order valence-corrected chi connectivity index (χ4v) is 0.904. The summed E-state index contributed by atoms with van der Waals surface area (Å²) in [5.74, 6) is 0.196. The molecule has 11 heavy (non-hydrogen) atoms. The zero-order chi connectivity index (χ0) is 8.10. The Kier molecular flexibility index (Phi) is 3.11. The SMILES string of the molecule is Oc1cncc(C=CCBr)c1. The van der Waals surface area contributed by atoms with Crippen LogP contribution in [0.1, 0.15) is 5.56 Å². The van der Waals surface area contributed by atoms with Crippen molar-refractivity contribution in [1.29, 1.82) is 0 Å². The molecule has 1 N–H and O–H groups in total. The Bertz CT molecular complexity index is 260. The van der Waals surface area contributed by atoms with Gasteiger partial charge in [-0.1, -0.05) is 28.1 Å². The van der Waals surface area contributed by atoms with Crippen LogP contribution in [0.15, 0.2) is 24.5 Å². The molecule has 1 aromatic heterocycles. The summed E-state index contributed by atoms with van der Waals surface area (Å²) in [5, 5.41) is 9.81. The van der Waals surface area contributed by atoms with E-state index in [-0.39, 0.29) is 5.75 Å². The first-order valence-electron chi connectivity index (χ1n) is 3.19. The van der Waals surface area contributed by atoms with Crippen LogP contribution in [0, 0.1) is 0 Å². The molecule has 0 aromatic carbocycles. The largest absolute Gasteiger partial charge is 0.506 e. The van der Waals surface area contributed by atoms with Crippen molar-refractivity contribution in [3.05, 3.63) is 30.1 Å². The van der Waals surface area contributed by atoms with Gasteiger partial charge in [-0.2, -0.15) is 0 Å². The number of pyridine rings is 1. The average Bonchev–Trinajstić information content (AvgIpc) is 2.01. The van der Waals surface area contributed by atoms with E-state index < -0.39 is 0 Å². The number of rotatable bonds is 2. The number of aromatic nitrogens is 1. The summed E-state index contributed by atoms with van der Waals surface area (Å²) in [6, 6.07) is 1.66. The number of alkyl halides is 1. The van der Waals surface area contributed by atoms with Crippen molar-refractivity contribution in [2.45, 2.75) is 0 Å². The number of halogens is 1. The summed E-state index contributed by atoms with van der Waals surface area (Å²) in [4.78, 5) is 3.82. The van der Waals surface area contributed by atoms with Crippen LogP contribution in [0.4, 0.5) is 0 Å². The Morgan fingerprint density at radius 2 is 2.36 bits per heavy atom. The smallest absolute Gasteiger partial charge is 0.134 e. The lowest BCUT2D eigenvalue weighted by atomic mass is 10.2. The lowest BCUT2D eigenvalue weighted by Gasteiger charge is -1.92. The third-order valence-electron chi connectivity index (χ3n) is 1.14. The van der Waals surface area contributed by atoms with Crippen LogP contribution in [-0.2, 0) is 0 Å². The molecule has 2 nitrogen and oxygen atoms in total. The highest BCUT2D eigenvalue weighted by Gasteiger charge is 1.88. The van der Waals surface area contributed by atoms with Crippen molar-refractivity contribution in [3.63, 3.8) is 0 Å². The second kappa shape index (κ2) is 4.13. The normalized spacial score (nSPS) is 10.6. The Morgan fingerprint density at radius 1 is 1.55 bits per heavy atom. The van der Waals surface area contributed by atoms with Gasteiger partial charge >= 0.3 is 0 Å². The minimum absolute atomic E-state index is 0.196. The highest BCUT2D eigenvalue weighted by molar-refractivity contribution is 9.09. The summed E-state index contributed by atoms with van der Waals surface area (Å²) in [7, 11) is 0. The van der Waals surface area contributed by atoms with Crippen molar-refractivity contribution in [2.24, 2.45) is 0 Å². The lowest BCUT2D eigenvalue weighted by molar-refractivity contribution is 0.472. The van der Waals surface area contributed by atoms with E-state index in [0.29, 0.717) is 0 Å². The zero-order valence-electron chi connectivity index (χ0n) is 5.87. The van der Waals surface area contributed by atoms with E-state index in [4.69, 9.17) is 5.11 Å². The van der Waals surface area contributed by atoms with Gasteiger partial charge in [-0.3, -0.25) is 4.98 Å². The fraction of sp³-hybridized carbons (Fsp3) is 0.125. The number of hydrogen-bond acceptors (Lipinski definition) is 2. The highest BCUT2D eigenvalue weighted by Crippen LogP contribution is 2.09. The predicted octanol–water partition coefficient (Wildman–Crippen LogP) is 2.20. The van der Waals surface area contributed by atoms with Gasteiger partial charge in [0.05, 0.1) is 6.20 Å². The van der Waals surface area contributed by atoms with Gasteiger partial charge in [0.25, 0.3) is 0 Å². The maximum atomic E-state index is 9.00. The van der Waals surface area contributed by atoms with Crippen LogP contribution >= 0.6 is 15.9 Å². The van der Waals surface area contributed by atoms with E-state index in [1.807, 2.05) is 12.2 Å². The minimum atomic E-state index is 0.196. The fourth-order valence-electron chi connectivity index (χ4n) is 0.717. The van der Waals surface area contributed by atoms with Crippen LogP contribution in [0.25, 0.3) is 6.08 Å². The standard InChI is InChI=1S/C8H8BrNO/c9-3-1-2-7-4-8(11)6-10-5-7/h1-2,4-6,11H,3H2. The van der Waals surface area contributed by atoms with Crippen molar-refractivity contribution < 1.29 is 5.11 Å².